The van der Waals surface area contributed by atoms with Gasteiger partial charge in [0.25, 0.3) is 0 Å². The molecule has 0 heteroatoms. The van der Waals surface area contributed by atoms with Gasteiger partial charge in [-0.3, -0.25) is 0 Å². The van der Waals surface area contributed by atoms with Gasteiger partial charge in [0.2, 0.25) is 0 Å². The third-order valence-corrected chi connectivity index (χ3v) is 6.67. The van der Waals surface area contributed by atoms with Crippen LogP contribution in [0.1, 0.15) is 32.1 Å². The van der Waals surface area contributed by atoms with Crippen LogP contribution in [0.2, 0.25) is 0 Å². The van der Waals surface area contributed by atoms with Gasteiger partial charge in [0.15, 0.2) is 0 Å². The minimum absolute atomic E-state index is 0.868. The van der Waals surface area contributed by atoms with Crippen molar-refractivity contribution in [3.63, 3.8) is 0 Å². The normalized spacial score (nSPS) is 70.9. The Hall–Kier alpha value is -0.260. The maximum absolute atomic E-state index is 2.62. The summed E-state index contributed by atoms with van der Waals surface area (Å²) in [4.78, 5) is 0. The highest BCUT2D eigenvalue weighted by atomic mass is 14.8. The van der Waals surface area contributed by atoms with Crippen LogP contribution in [0.15, 0.2) is 12.2 Å². The number of hydrogen-bond donors (Lipinski definition) is 0. The molecule has 1 spiro atoms. The first-order valence-corrected chi connectivity index (χ1v) is 6.59. The van der Waals surface area contributed by atoms with Crippen LogP contribution in [0, 0.1) is 40.9 Å². The van der Waals surface area contributed by atoms with Crippen LogP contribution in [0.3, 0.4) is 0 Å². The second kappa shape index (κ2) is 1.86. The molecule has 0 radical (unpaired) electrons. The Labute approximate surface area is 85.8 Å². The highest BCUT2D eigenvalue weighted by Crippen LogP contribution is 2.86. The fraction of sp³-hybridized carbons (Fsp3) is 0.857. The highest BCUT2D eigenvalue weighted by Gasteiger charge is 2.80. The van der Waals surface area contributed by atoms with Crippen LogP contribution in [-0.4, -0.2) is 0 Å². The van der Waals surface area contributed by atoms with E-state index < -0.39 is 0 Å². The standard InChI is InChI=1S/C14H18/c1-3-8-4-2-6-14(8)11-7-10-12(13(10)14)9(11)5-1/h1,3,8-13H,2,4-7H2/t8-,9?,10?,11?,12?,13?,14?/m0/s1. The summed E-state index contributed by atoms with van der Waals surface area (Å²) in [6.45, 7) is 0. The molecule has 5 saturated carbocycles. The van der Waals surface area contributed by atoms with Crippen molar-refractivity contribution in [1.29, 1.82) is 0 Å². The topological polar surface area (TPSA) is 0 Å². The van der Waals surface area contributed by atoms with E-state index in [-0.39, 0.29) is 0 Å². The lowest BCUT2D eigenvalue weighted by Crippen LogP contribution is -2.29. The predicted octanol–water partition coefficient (Wildman–Crippen LogP) is 3.24. The van der Waals surface area contributed by atoms with Crippen LogP contribution < -0.4 is 0 Å². The van der Waals surface area contributed by atoms with E-state index in [1.54, 1.807) is 12.8 Å². The van der Waals surface area contributed by atoms with Crippen LogP contribution in [0.5, 0.6) is 0 Å². The van der Waals surface area contributed by atoms with Crippen molar-refractivity contribution in [3.05, 3.63) is 12.2 Å². The molecule has 0 aromatic carbocycles. The Morgan fingerprint density at radius 2 is 2.21 bits per heavy atom. The molecular formula is C14H18. The van der Waals surface area contributed by atoms with Crippen molar-refractivity contribution in [2.75, 3.05) is 0 Å². The summed E-state index contributed by atoms with van der Waals surface area (Å²) >= 11 is 0. The Kier molecular flexibility index (Phi) is 0.941. The van der Waals surface area contributed by atoms with E-state index in [4.69, 9.17) is 0 Å². The fourth-order valence-corrected chi connectivity index (χ4v) is 6.60. The lowest BCUT2D eigenvalue weighted by Gasteiger charge is -2.34. The molecule has 14 heavy (non-hydrogen) atoms. The molecule has 74 valence electrons. The molecule has 6 unspecified atom stereocenters. The molecule has 0 saturated heterocycles. The second-order valence-corrected chi connectivity index (χ2v) is 6.55. The third kappa shape index (κ3) is 0.487. The summed E-state index contributed by atoms with van der Waals surface area (Å²) in [5.41, 5.74) is 0.868. The number of rotatable bonds is 0. The Morgan fingerprint density at radius 3 is 3.14 bits per heavy atom. The maximum atomic E-state index is 2.62. The van der Waals surface area contributed by atoms with Crippen molar-refractivity contribution in [2.24, 2.45) is 40.9 Å². The van der Waals surface area contributed by atoms with E-state index in [1.807, 2.05) is 0 Å². The first-order chi connectivity index (χ1) is 6.93. The Balaban J connectivity index is 1.77. The van der Waals surface area contributed by atoms with Crippen molar-refractivity contribution in [2.45, 2.75) is 32.1 Å². The minimum Gasteiger partial charge on any atom is -0.0879 e. The SMILES string of the molecule is C1=C[C@H]2CCCC23C2CC4C(C2C1)C43. The van der Waals surface area contributed by atoms with Gasteiger partial charge in [0, 0.05) is 0 Å². The number of allylic oxidation sites excluding steroid dienone is 2. The van der Waals surface area contributed by atoms with Crippen LogP contribution in [0.25, 0.3) is 0 Å². The quantitative estimate of drug-likeness (QED) is 0.509. The fourth-order valence-electron chi connectivity index (χ4n) is 6.60. The van der Waals surface area contributed by atoms with Gasteiger partial charge in [-0.15, -0.1) is 0 Å². The Morgan fingerprint density at radius 1 is 1.21 bits per heavy atom. The van der Waals surface area contributed by atoms with Gasteiger partial charge in [-0.25, -0.2) is 0 Å². The summed E-state index contributed by atoms with van der Waals surface area (Å²) in [6.07, 6.45) is 12.9. The summed E-state index contributed by atoms with van der Waals surface area (Å²) in [5.74, 6) is 6.97. The Bertz CT molecular complexity index is 342. The molecule has 0 heterocycles. The molecule has 0 N–H and O–H groups in total. The average molecular weight is 186 g/mol. The molecule has 6 rings (SSSR count). The molecule has 7 atom stereocenters. The monoisotopic (exact) mass is 186 g/mol. The molecule has 6 aliphatic carbocycles. The molecule has 6 bridgehead atoms. The predicted molar refractivity (Wildman–Crippen MR) is 55.6 cm³/mol. The summed E-state index contributed by atoms with van der Waals surface area (Å²) < 4.78 is 0. The van der Waals surface area contributed by atoms with Crippen molar-refractivity contribution in [1.82, 2.24) is 0 Å². The molecule has 6 aliphatic rings. The maximum Gasteiger partial charge on any atom is -0.0170 e. The molecule has 0 aromatic heterocycles. The third-order valence-electron chi connectivity index (χ3n) is 6.67. The minimum atomic E-state index is 0.868. The highest BCUT2D eigenvalue weighted by molar-refractivity contribution is 5.31. The van der Waals surface area contributed by atoms with Crippen LogP contribution in [-0.2, 0) is 0 Å². The lowest BCUT2D eigenvalue weighted by atomic mass is 9.70. The largest absolute Gasteiger partial charge is 0.0879 e. The van der Waals surface area contributed by atoms with Gasteiger partial charge < -0.3 is 0 Å². The van der Waals surface area contributed by atoms with E-state index in [0.29, 0.717) is 0 Å². The molecule has 0 aliphatic heterocycles. The van der Waals surface area contributed by atoms with Crippen molar-refractivity contribution >= 4 is 0 Å². The summed E-state index contributed by atoms with van der Waals surface area (Å²) in [6, 6.07) is 0. The van der Waals surface area contributed by atoms with Gasteiger partial charge in [0.1, 0.15) is 0 Å². The van der Waals surface area contributed by atoms with E-state index in [0.717, 1.165) is 17.3 Å². The lowest BCUT2D eigenvalue weighted by molar-refractivity contribution is 0.149. The van der Waals surface area contributed by atoms with E-state index in [2.05, 4.69) is 12.2 Å². The van der Waals surface area contributed by atoms with E-state index in [9.17, 15) is 0 Å². The zero-order valence-electron chi connectivity index (χ0n) is 8.65. The van der Waals surface area contributed by atoms with Gasteiger partial charge >= 0.3 is 0 Å². The summed E-state index contributed by atoms with van der Waals surface area (Å²) in [5, 5.41) is 0. The van der Waals surface area contributed by atoms with E-state index in [1.165, 1.54) is 42.9 Å². The molecule has 0 nitrogen and oxygen atoms in total. The van der Waals surface area contributed by atoms with Crippen molar-refractivity contribution < 1.29 is 0 Å². The van der Waals surface area contributed by atoms with Crippen LogP contribution in [0.4, 0.5) is 0 Å². The van der Waals surface area contributed by atoms with Gasteiger partial charge in [0.05, 0.1) is 0 Å². The number of hydrogen-bond acceptors (Lipinski definition) is 0. The zero-order chi connectivity index (χ0) is 8.91. The first-order valence-electron chi connectivity index (χ1n) is 6.59. The van der Waals surface area contributed by atoms with Crippen molar-refractivity contribution in [3.8, 4) is 0 Å². The molecule has 5 fully saturated rings. The molecular weight excluding hydrogens is 168 g/mol. The molecule has 0 aromatic rings. The molecule has 0 amide bonds. The average Bonchev–Trinajstić information content (AvgIpc) is 2.53. The van der Waals surface area contributed by atoms with Gasteiger partial charge in [-0.05, 0) is 66.6 Å². The summed E-state index contributed by atoms with van der Waals surface area (Å²) in [7, 11) is 0. The first kappa shape index (κ1) is 7.09. The van der Waals surface area contributed by atoms with Gasteiger partial charge in [-0.1, -0.05) is 18.6 Å². The van der Waals surface area contributed by atoms with E-state index >= 15 is 0 Å². The van der Waals surface area contributed by atoms with Gasteiger partial charge in [-0.2, -0.15) is 0 Å². The second-order valence-electron chi connectivity index (χ2n) is 6.55. The van der Waals surface area contributed by atoms with Crippen LogP contribution >= 0.6 is 0 Å². The smallest absolute Gasteiger partial charge is 0.0170 e. The zero-order valence-corrected chi connectivity index (χ0v) is 8.65.